The molecular weight excluding hydrogens is 188 g/mol. The SMILES string of the molecule is CCC1(CNC(=O)C(N)(CC)CC)CC1. The highest BCUT2D eigenvalue weighted by atomic mass is 16.2. The molecule has 0 bridgehead atoms. The van der Waals surface area contributed by atoms with Crippen LogP contribution in [0.15, 0.2) is 0 Å². The van der Waals surface area contributed by atoms with Crippen molar-refractivity contribution in [1.82, 2.24) is 5.32 Å². The van der Waals surface area contributed by atoms with Gasteiger partial charge in [0.2, 0.25) is 5.91 Å². The van der Waals surface area contributed by atoms with Gasteiger partial charge in [-0.05, 0) is 37.5 Å². The van der Waals surface area contributed by atoms with Crippen molar-refractivity contribution < 1.29 is 4.79 Å². The van der Waals surface area contributed by atoms with E-state index in [4.69, 9.17) is 5.73 Å². The van der Waals surface area contributed by atoms with E-state index in [0.29, 0.717) is 18.3 Å². The first kappa shape index (κ1) is 12.5. The molecule has 3 heteroatoms. The number of carbonyl (C=O) groups is 1. The van der Waals surface area contributed by atoms with Crippen LogP contribution in [0.4, 0.5) is 0 Å². The summed E-state index contributed by atoms with van der Waals surface area (Å²) in [5.41, 5.74) is 5.76. The minimum absolute atomic E-state index is 0.0206. The van der Waals surface area contributed by atoms with E-state index < -0.39 is 5.54 Å². The molecule has 0 aromatic carbocycles. The van der Waals surface area contributed by atoms with E-state index >= 15 is 0 Å². The summed E-state index contributed by atoms with van der Waals surface area (Å²) in [6, 6.07) is 0. The molecule has 0 saturated heterocycles. The van der Waals surface area contributed by atoms with Crippen LogP contribution in [0.3, 0.4) is 0 Å². The van der Waals surface area contributed by atoms with Gasteiger partial charge in [-0.3, -0.25) is 4.79 Å². The van der Waals surface area contributed by atoms with Crippen molar-refractivity contribution in [2.75, 3.05) is 6.54 Å². The van der Waals surface area contributed by atoms with E-state index in [-0.39, 0.29) is 5.91 Å². The van der Waals surface area contributed by atoms with Crippen LogP contribution in [0, 0.1) is 5.41 Å². The third-order valence-electron chi connectivity index (χ3n) is 4.05. The van der Waals surface area contributed by atoms with Crippen molar-refractivity contribution in [1.29, 1.82) is 0 Å². The zero-order valence-corrected chi connectivity index (χ0v) is 10.2. The van der Waals surface area contributed by atoms with Crippen molar-refractivity contribution in [3.8, 4) is 0 Å². The summed E-state index contributed by atoms with van der Waals surface area (Å²) in [7, 11) is 0. The Morgan fingerprint density at radius 3 is 2.20 bits per heavy atom. The molecule has 88 valence electrons. The van der Waals surface area contributed by atoms with Crippen LogP contribution in [0.25, 0.3) is 0 Å². The monoisotopic (exact) mass is 212 g/mol. The predicted molar refractivity (Wildman–Crippen MR) is 62.5 cm³/mol. The second-order valence-electron chi connectivity index (χ2n) is 4.90. The molecule has 3 nitrogen and oxygen atoms in total. The Kier molecular flexibility index (Phi) is 3.77. The molecule has 1 amide bonds. The van der Waals surface area contributed by atoms with Gasteiger partial charge in [0.25, 0.3) is 0 Å². The summed E-state index contributed by atoms with van der Waals surface area (Å²) in [6.45, 7) is 6.93. The average Bonchev–Trinajstić information content (AvgIpc) is 3.05. The largest absolute Gasteiger partial charge is 0.354 e. The number of hydrogen-bond donors (Lipinski definition) is 2. The van der Waals surface area contributed by atoms with Gasteiger partial charge in [-0.2, -0.15) is 0 Å². The maximum atomic E-state index is 11.9. The smallest absolute Gasteiger partial charge is 0.240 e. The zero-order chi connectivity index (χ0) is 11.5. The first-order chi connectivity index (χ1) is 7.02. The predicted octanol–water partition coefficient (Wildman–Crippen LogP) is 1.81. The van der Waals surface area contributed by atoms with Crippen molar-refractivity contribution >= 4 is 5.91 Å². The van der Waals surface area contributed by atoms with Gasteiger partial charge in [-0.15, -0.1) is 0 Å². The van der Waals surface area contributed by atoms with Crippen LogP contribution < -0.4 is 11.1 Å². The third-order valence-corrected chi connectivity index (χ3v) is 4.05. The first-order valence-corrected chi connectivity index (χ1v) is 6.09. The molecule has 0 radical (unpaired) electrons. The number of hydrogen-bond acceptors (Lipinski definition) is 2. The van der Waals surface area contributed by atoms with Gasteiger partial charge in [-0.25, -0.2) is 0 Å². The van der Waals surface area contributed by atoms with E-state index in [2.05, 4.69) is 12.2 Å². The van der Waals surface area contributed by atoms with Crippen LogP contribution in [0.1, 0.15) is 52.9 Å². The number of amides is 1. The molecule has 1 aliphatic carbocycles. The lowest BCUT2D eigenvalue weighted by Gasteiger charge is -2.26. The molecule has 1 saturated carbocycles. The zero-order valence-electron chi connectivity index (χ0n) is 10.2. The van der Waals surface area contributed by atoms with Gasteiger partial charge in [0.15, 0.2) is 0 Å². The third kappa shape index (κ3) is 2.71. The molecule has 0 aliphatic heterocycles. The molecule has 0 spiro atoms. The molecule has 0 unspecified atom stereocenters. The quantitative estimate of drug-likeness (QED) is 0.705. The highest BCUT2D eigenvalue weighted by Gasteiger charge is 2.41. The average molecular weight is 212 g/mol. The topological polar surface area (TPSA) is 55.1 Å². The lowest BCUT2D eigenvalue weighted by molar-refractivity contribution is -0.126. The molecule has 0 aromatic rings. The van der Waals surface area contributed by atoms with Gasteiger partial charge in [0.1, 0.15) is 0 Å². The van der Waals surface area contributed by atoms with Crippen molar-refractivity contribution in [2.24, 2.45) is 11.1 Å². The molecule has 1 fully saturated rings. The Hall–Kier alpha value is -0.570. The summed E-state index contributed by atoms with van der Waals surface area (Å²) >= 11 is 0. The number of nitrogens with one attached hydrogen (secondary N) is 1. The maximum Gasteiger partial charge on any atom is 0.240 e. The van der Waals surface area contributed by atoms with Crippen LogP contribution in [-0.4, -0.2) is 18.0 Å². The van der Waals surface area contributed by atoms with Crippen LogP contribution in [-0.2, 0) is 4.79 Å². The maximum absolute atomic E-state index is 11.9. The van der Waals surface area contributed by atoms with E-state index in [1.165, 1.54) is 12.8 Å². The molecule has 0 aromatic heterocycles. The van der Waals surface area contributed by atoms with E-state index in [1.807, 2.05) is 13.8 Å². The Labute approximate surface area is 92.8 Å². The number of nitrogens with two attached hydrogens (primary N) is 1. The summed E-state index contributed by atoms with van der Waals surface area (Å²) in [5, 5.41) is 3.01. The molecular formula is C12H24N2O. The summed E-state index contributed by atoms with van der Waals surface area (Å²) in [5.74, 6) is 0.0206. The Morgan fingerprint density at radius 1 is 1.33 bits per heavy atom. The highest BCUT2D eigenvalue weighted by Crippen LogP contribution is 2.47. The van der Waals surface area contributed by atoms with Crippen molar-refractivity contribution in [3.63, 3.8) is 0 Å². The Balaban J connectivity index is 2.41. The van der Waals surface area contributed by atoms with Gasteiger partial charge in [0, 0.05) is 6.54 Å². The Bertz CT molecular complexity index is 230. The van der Waals surface area contributed by atoms with Gasteiger partial charge < -0.3 is 11.1 Å². The summed E-state index contributed by atoms with van der Waals surface area (Å²) < 4.78 is 0. The van der Waals surface area contributed by atoms with Gasteiger partial charge in [-0.1, -0.05) is 20.8 Å². The highest BCUT2D eigenvalue weighted by molar-refractivity contribution is 5.85. The second-order valence-corrected chi connectivity index (χ2v) is 4.90. The fourth-order valence-electron chi connectivity index (χ4n) is 1.85. The minimum atomic E-state index is -0.663. The van der Waals surface area contributed by atoms with E-state index in [0.717, 1.165) is 13.0 Å². The first-order valence-electron chi connectivity index (χ1n) is 6.09. The summed E-state index contributed by atoms with van der Waals surface area (Å²) in [6.07, 6.45) is 5.06. The lowest BCUT2D eigenvalue weighted by Crippen LogP contribution is -2.54. The van der Waals surface area contributed by atoms with Crippen LogP contribution in [0.5, 0.6) is 0 Å². The van der Waals surface area contributed by atoms with Crippen molar-refractivity contribution in [2.45, 2.75) is 58.4 Å². The number of rotatable bonds is 6. The molecule has 1 rings (SSSR count). The lowest BCUT2D eigenvalue weighted by atomic mass is 9.92. The normalized spacial score (nSPS) is 18.7. The second kappa shape index (κ2) is 4.52. The Morgan fingerprint density at radius 2 is 1.87 bits per heavy atom. The van der Waals surface area contributed by atoms with E-state index in [9.17, 15) is 4.79 Å². The molecule has 1 aliphatic rings. The molecule has 15 heavy (non-hydrogen) atoms. The molecule has 3 N–H and O–H groups in total. The summed E-state index contributed by atoms with van der Waals surface area (Å²) in [4.78, 5) is 11.9. The van der Waals surface area contributed by atoms with Crippen LogP contribution >= 0.6 is 0 Å². The minimum Gasteiger partial charge on any atom is -0.354 e. The number of carbonyl (C=O) groups excluding carboxylic acids is 1. The van der Waals surface area contributed by atoms with Crippen LogP contribution in [0.2, 0.25) is 0 Å². The van der Waals surface area contributed by atoms with Crippen molar-refractivity contribution in [3.05, 3.63) is 0 Å². The standard InChI is InChI=1S/C12H24N2O/c1-4-11(7-8-11)9-14-10(15)12(13,5-2)6-3/h4-9,13H2,1-3H3,(H,14,15). The van der Waals surface area contributed by atoms with Gasteiger partial charge >= 0.3 is 0 Å². The van der Waals surface area contributed by atoms with Gasteiger partial charge in [0.05, 0.1) is 5.54 Å². The fraction of sp³-hybridized carbons (Fsp3) is 0.917. The fourth-order valence-corrected chi connectivity index (χ4v) is 1.85. The molecule has 0 heterocycles. The van der Waals surface area contributed by atoms with E-state index in [1.54, 1.807) is 0 Å². The molecule has 0 atom stereocenters.